The van der Waals surface area contributed by atoms with E-state index in [2.05, 4.69) is 17.0 Å². The molecule has 150 valence electrons. The Kier molecular flexibility index (Phi) is 6.19. The number of hydrogen-bond acceptors (Lipinski definition) is 5. The maximum atomic E-state index is 13.0. The molecule has 7 heteroatoms. The van der Waals surface area contributed by atoms with Gasteiger partial charge in [0.2, 0.25) is 5.91 Å². The van der Waals surface area contributed by atoms with Crippen molar-refractivity contribution in [3.8, 4) is 0 Å². The molecule has 3 heterocycles. The van der Waals surface area contributed by atoms with E-state index >= 15 is 0 Å². The maximum absolute atomic E-state index is 13.0. The number of rotatable bonds is 4. The van der Waals surface area contributed by atoms with Crippen molar-refractivity contribution in [1.29, 1.82) is 0 Å². The van der Waals surface area contributed by atoms with Crippen molar-refractivity contribution in [2.75, 3.05) is 39.3 Å². The predicted molar refractivity (Wildman–Crippen MR) is 103 cm³/mol. The fourth-order valence-corrected chi connectivity index (χ4v) is 4.06. The Morgan fingerprint density at radius 3 is 2.48 bits per heavy atom. The number of hydrogen-bond donors (Lipinski definition) is 0. The molecular weight excluding hydrogens is 344 g/mol. The maximum Gasteiger partial charge on any atom is 0.259 e. The first kappa shape index (κ1) is 19.9. The van der Waals surface area contributed by atoms with Crippen LogP contribution >= 0.6 is 0 Å². The quantitative estimate of drug-likeness (QED) is 0.806. The number of piperidine rings is 1. The number of amides is 2. The predicted octanol–water partition coefficient (Wildman–Crippen LogP) is 2.27. The number of likely N-dealkylation sites (tertiary alicyclic amines) is 1. The van der Waals surface area contributed by atoms with Crippen LogP contribution in [-0.4, -0.2) is 77.0 Å². The Labute approximate surface area is 161 Å². The summed E-state index contributed by atoms with van der Waals surface area (Å²) in [6.45, 7) is 12.0. The van der Waals surface area contributed by atoms with Gasteiger partial charge < -0.3 is 14.3 Å². The highest BCUT2D eigenvalue weighted by Gasteiger charge is 2.30. The average molecular weight is 377 g/mol. The summed E-state index contributed by atoms with van der Waals surface area (Å²) in [6.07, 6.45) is 3.42. The normalized spacial score (nSPS) is 21.7. The third kappa shape index (κ3) is 4.34. The van der Waals surface area contributed by atoms with E-state index < -0.39 is 0 Å². The van der Waals surface area contributed by atoms with E-state index in [-0.39, 0.29) is 17.7 Å². The average Bonchev–Trinajstić information content (AvgIpc) is 3.04. The van der Waals surface area contributed by atoms with Gasteiger partial charge in [0, 0.05) is 44.7 Å². The fraction of sp³-hybridized carbons (Fsp3) is 0.750. The first-order valence-corrected chi connectivity index (χ1v) is 10.2. The second kappa shape index (κ2) is 8.42. The Morgan fingerprint density at radius 2 is 1.85 bits per heavy atom. The molecule has 1 atom stereocenters. The van der Waals surface area contributed by atoms with Gasteiger partial charge in [0.15, 0.2) is 5.76 Å². The van der Waals surface area contributed by atoms with Gasteiger partial charge in [0.05, 0.1) is 12.2 Å². The highest BCUT2D eigenvalue weighted by molar-refractivity contribution is 5.96. The summed E-state index contributed by atoms with van der Waals surface area (Å²) in [7, 11) is 0. The molecule has 1 aromatic heterocycles. The van der Waals surface area contributed by atoms with Crippen LogP contribution in [0.15, 0.2) is 4.52 Å². The summed E-state index contributed by atoms with van der Waals surface area (Å²) < 4.78 is 5.36. The molecule has 2 amide bonds. The number of nitrogens with zero attached hydrogens (tertiary/aromatic N) is 4. The van der Waals surface area contributed by atoms with E-state index in [9.17, 15) is 9.59 Å². The lowest BCUT2D eigenvalue weighted by atomic mass is 10.0. The van der Waals surface area contributed by atoms with Crippen molar-refractivity contribution in [2.24, 2.45) is 0 Å². The van der Waals surface area contributed by atoms with Crippen LogP contribution in [0.5, 0.6) is 0 Å². The standard InChI is InChI=1S/C20H32N4O3/c1-14(2)19-18(16(4)21-27-19)20(26)23-11-9-22(10-12-23)13-17(25)24-8-6-5-7-15(24)3/h14-15H,5-13H2,1-4H3/t15-/m0/s1. The fourth-order valence-electron chi connectivity index (χ4n) is 4.06. The van der Waals surface area contributed by atoms with Crippen LogP contribution in [0.25, 0.3) is 0 Å². The smallest absolute Gasteiger partial charge is 0.259 e. The summed E-state index contributed by atoms with van der Waals surface area (Å²) in [5, 5.41) is 3.98. The molecule has 2 fully saturated rings. The molecule has 0 spiro atoms. The molecular formula is C20H32N4O3. The number of carbonyl (C=O) groups is 2. The number of aryl methyl sites for hydroxylation is 1. The van der Waals surface area contributed by atoms with Crippen LogP contribution in [0.4, 0.5) is 0 Å². The molecule has 0 radical (unpaired) electrons. The minimum Gasteiger partial charge on any atom is -0.360 e. The SMILES string of the molecule is Cc1noc(C(C)C)c1C(=O)N1CCN(CC(=O)N2CCCC[C@@H]2C)CC1. The van der Waals surface area contributed by atoms with Crippen molar-refractivity contribution in [2.45, 2.75) is 58.9 Å². The van der Waals surface area contributed by atoms with Gasteiger partial charge in [-0.15, -0.1) is 0 Å². The number of aromatic nitrogens is 1. The largest absolute Gasteiger partial charge is 0.360 e. The molecule has 0 unspecified atom stereocenters. The molecule has 0 aliphatic carbocycles. The second-order valence-electron chi connectivity index (χ2n) is 8.16. The zero-order valence-corrected chi connectivity index (χ0v) is 17.0. The summed E-state index contributed by atoms with van der Waals surface area (Å²) in [4.78, 5) is 31.6. The first-order chi connectivity index (χ1) is 12.9. The van der Waals surface area contributed by atoms with Crippen molar-refractivity contribution in [1.82, 2.24) is 19.9 Å². The molecule has 0 aromatic carbocycles. The minimum absolute atomic E-state index is 0.00641. The monoisotopic (exact) mass is 376 g/mol. The summed E-state index contributed by atoms with van der Waals surface area (Å²) >= 11 is 0. The van der Waals surface area contributed by atoms with E-state index in [4.69, 9.17) is 4.52 Å². The van der Waals surface area contributed by atoms with Gasteiger partial charge in [0.1, 0.15) is 5.56 Å². The van der Waals surface area contributed by atoms with Gasteiger partial charge in [0.25, 0.3) is 5.91 Å². The van der Waals surface area contributed by atoms with Crippen LogP contribution in [0.1, 0.15) is 67.8 Å². The van der Waals surface area contributed by atoms with Crippen LogP contribution in [0.3, 0.4) is 0 Å². The molecule has 2 aliphatic heterocycles. The Balaban J connectivity index is 1.55. The van der Waals surface area contributed by atoms with Crippen molar-refractivity contribution < 1.29 is 14.1 Å². The van der Waals surface area contributed by atoms with Crippen molar-refractivity contribution in [3.63, 3.8) is 0 Å². The van der Waals surface area contributed by atoms with E-state index in [1.807, 2.05) is 30.6 Å². The van der Waals surface area contributed by atoms with Gasteiger partial charge in [-0.2, -0.15) is 0 Å². The second-order valence-corrected chi connectivity index (χ2v) is 8.16. The Hall–Kier alpha value is -1.89. The molecule has 1 aromatic rings. The molecule has 0 N–H and O–H groups in total. The molecule has 0 bridgehead atoms. The van der Waals surface area contributed by atoms with E-state index in [0.29, 0.717) is 42.7 Å². The van der Waals surface area contributed by atoms with Gasteiger partial charge >= 0.3 is 0 Å². The highest BCUT2D eigenvalue weighted by atomic mass is 16.5. The van der Waals surface area contributed by atoms with Crippen molar-refractivity contribution >= 4 is 11.8 Å². The van der Waals surface area contributed by atoms with Crippen molar-refractivity contribution in [3.05, 3.63) is 17.0 Å². The van der Waals surface area contributed by atoms with Gasteiger partial charge in [-0.1, -0.05) is 19.0 Å². The third-order valence-electron chi connectivity index (χ3n) is 5.77. The van der Waals surface area contributed by atoms with Gasteiger partial charge in [-0.3, -0.25) is 14.5 Å². The molecule has 7 nitrogen and oxygen atoms in total. The summed E-state index contributed by atoms with van der Waals surface area (Å²) in [6, 6.07) is 0.347. The first-order valence-electron chi connectivity index (χ1n) is 10.2. The molecule has 3 rings (SSSR count). The van der Waals surface area contributed by atoms with Crippen LogP contribution in [-0.2, 0) is 4.79 Å². The lowest BCUT2D eigenvalue weighted by Crippen LogP contribution is -2.53. The molecule has 0 saturated carbocycles. The Morgan fingerprint density at radius 1 is 1.15 bits per heavy atom. The minimum atomic E-state index is -0.00641. The van der Waals surface area contributed by atoms with E-state index in [0.717, 1.165) is 32.5 Å². The number of carbonyl (C=O) groups excluding carboxylic acids is 2. The Bertz CT molecular complexity index is 677. The van der Waals surface area contributed by atoms with E-state index in [1.54, 1.807) is 0 Å². The molecule has 2 aliphatic rings. The van der Waals surface area contributed by atoms with Gasteiger partial charge in [-0.05, 0) is 33.1 Å². The lowest BCUT2D eigenvalue weighted by molar-refractivity contribution is -0.136. The summed E-state index contributed by atoms with van der Waals surface area (Å²) in [5.41, 5.74) is 1.26. The third-order valence-corrected chi connectivity index (χ3v) is 5.77. The zero-order valence-electron chi connectivity index (χ0n) is 17.0. The molecule has 2 saturated heterocycles. The topological polar surface area (TPSA) is 69.9 Å². The summed E-state index contributed by atoms with van der Waals surface area (Å²) in [5.74, 6) is 0.997. The van der Waals surface area contributed by atoms with Crippen LogP contribution < -0.4 is 0 Å². The highest BCUT2D eigenvalue weighted by Crippen LogP contribution is 2.24. The van der Waals surface area contributed by atoms with E-state index in [1.165, 1.54) is 6.42 Å². The lowest BCUT2D eigenvalue weighted by Gasteiger charge is -2.38. The van der Waals surface area contributed by atoms with Crippen LogP contribution in [0.2, 0.25) is 0 Å². The zero-order chi connectivity index (χ0) is 19.6. The van der Waals surface area contributed by atoms with Gasteiger partial charge in [-0.25, -0.2) is 0 Å². The number of piperazine rings is 1. The van der Waals surface area contributed by atoms with Crippen LogP contribution in [0, 0.1) is 6.92 Å². The molecule has 27 heavy (non-hydrogen) atoms.